The first-order valence-electron chi connectivity index (χ1n) is 7.61. The number of nitrogens with one attached hydrogen (secondary N) is 2. The smallest absolute Gasteiger partial charge is 0.219 e. The number of pyridine rings is 1. The van der Waals surface area contributed by atoms with Crippen molar-refractivity contribution in [3.8, 4) is 11.6 Å². The summed E-state index contributed by atoms with van der Waals surface area (Å²) in [6.07, 6.45) is 1.70. The summed E-state index contributed by atoms with van der Waals surface area (Å²) in [5, 5.41) is 6.32. The Balaban J connectivity index is 1.97. The number of hydrogen-bond donors (Lipinski definition) is 2. The number of halogens is 1. The zero-order valence-electron chi connectivity index (χ0n) is 13.3. The normalized spacial score (nSPS) is 10.0. The van der Waals surface area contributed by atoms with Crippen LogP contribution < -0.4 is 15.4 Å². The van der Waals surface area contributed by atoms with Gasteiger partial charge in [0.05, 0.1) is 6.54 Å². The van der Waals surface area contributed by atoms with Gasteiger partial charge < -0.3 is 15.4 Å². The Morgan fingerprint density at radius 3 is 2.57 bits per heavy atom. The fraction of sp³-hybridized carbons (Fsp3) is 0.294. The minimum absolute atomic E-state index is 0.340. The monoisotopic (exact) mass is 316 g/mol. The van der Waals surface area contributed by atoms with Crippen LogP contribution in [0, 0.1) is 5.82 Å². The minimum atomic E-state index is -0.340. The first kappa shape index (κ1) is 16.7. The summed E-state index contributed by atoms with van der Waals surface area (Å²) >= 11 is 0. The molecule has 0 saturated heterocycles. The third-order valence-corrected chi connectivity index (χ3v) is 2.92. The standard InChI is InChI=1S/C17H21FN4O/c1-3-19-17(20-4-2)22-12-13-8-9-16(21-11-13)23-15-7-5-6-14(18)10-15/h5-11H,3-4,12H2,1-2H3,(H2,19,20,22). The third kappa shape index (κ3) is 5.58. The Kier molecular flexibility index (Phi) is 6.35. The molecule has 2 rings (SSSR count). The second-order valence-corrected chi connectivity index (χ2v) is 4.79. The number of hydrogen-bond acceptors (Lipinski definition) is 3. The molecule has 2 aromatic rings. The van der Waals surface area contributed by atoms with Gasteiger partial charge in [-0.25, -0.2) is 14.4 Å². The summed E-state index contributed by atoms with van der Waals surface area (Å²) < 4.78 is 18.6. The van der Waals surface area contributed by atoms with Crippen LogP contribution in [0.5, 0.6) is 11.6 Å². The Hall–Kier alpha value is -2.63. The largest absolute Gasteiger partial charge is 0.439 e. The summed E-state index contributed by atoms with van der Waals surface area (Å²) in [5.41, 5.74) is 0.963. The molecule has 0 bridgehead atoms. The molecule has 0 radical (unpaired) electrons. The molecule has 122 valence electrons. The minimum Gasteiger partial charge on any atom is -0.439 e. The second-order valence-electron chi connectivity index (χ2n) is 4.79. The molecule has 5 nitrogen and oxygen atoms in total. The highest BCUT2D eigenvalue weighted by molar-refractivity contribution is 5.79. The van der Waals surface area contributed by atoms with E-state index in [4.69, 9.17) is 4.74 Å². The van der Waals surface area contributed by atoms with Gasteiger partial charge in [-0.05, 0) is 31.5 Å². The van der Waals surface area contributed by atoms with Crippen LogP contribution in [-0.2, 0) is 6.54 Å². The predicted octanol–water partition coefficient (Wildman–Crippen LogP) is 3.09. The van der Waals surface area contributed by atoms with Crippen molar-refractivity contribution in [3.05, 3.63) is 54.0 Å². The number of guanidine groups is 1. The lowest BCUT2D eigenvalue weighted by molar-refractivity contribution is 0.457. The zero-order valence-corrected chi connectivity index (χ0v) is 13.3. The number of rotatable bonds is 6. The van der Waals surface area contributed by atoms with Crippen LogP contribution in [0.4, 0.5) is 4.39 Å². The van der Waals surface area contributed by atoms with Gasteiger partial charge in [0.2, 0.25) is 5.88 Å². The van der Waals surface area contributed by atoms with E-state index in [1.165, 1.54) is 12.1 Å². The molecular weight excluding hydrogens is 295 g/mol. The number of benzene rings is 1. The lowest BCUT2D eigenvalue weighted by Gasteiger charge is -2.09. The second kappa shape index (κ2) is 8.73. The van der Waals surface area contributed by atoms with E-state index < -0.39 is 0 Å². The maximum Gasteiger partial charge on any atom is 0.219 e. The van der Waals surface area contributed by atoms with Crippen LogP contribution in [0.3, 0.4) is 0 Å². The summed E-state index contributed by atoms with van der Waals surface area (Å²) in [4.78, 5) is 8.68. The van der Waals surface area contributed by atoms with E-state index in [9.17, 15) is 4.39 Å². The van der Waals surface area contributed by atoms with Gasteiger partial charge in [-0.1, -0.05) is 12.1 Å². The van der Waals surface area contributed by atoms with Gasteiger partial charge in [0.1, 0.15) is 11.6 Å². The summed E-state index contributed by atoms with van der Waals surface area (Å²) in [5.74, 6) is 1.27. The fourth-order valence-electron chi connectivity index (χ4n) is 1.90. The van der Waals surface area contributed by atoms with E-state index >= 15 is 0 Å². The van der Waals surface area contributed by atoms with Gasteiger partial charge in [0, 0.05) is 31.4 Å². The van der Waals surface area contributed by atoms with Crippen molar-refractivity contribution in [1.82, 2.24) is 15.6 Å². The van der Waals surface area contributed by atoms with E-state index in [2.05, 4.69) is 20.6 Å². The maximum absolute atomic E-state index is 13.1. The van der Waals surface area contributed by atoms with Crippen molar-refractivity contribution < 1.29 is 9.13 Å². The van der Waals surface area contributed by atoms with E-state index in [1.807, 2.05) is 19.9 Å². The van der Waals surface area contributed by atoms with Crippen molar-refractivity contribution in [2.24, 2.45) is 4.99 Å². The van der Waals surface area contributed by atoms with Gasteiger partial charge in [-0.3, -0.25) is 0 Å². The summed E-state index contributed by atoms with van der Waals surface area (Å²) in [6.45, 7) is 6.18. The van der Waals surface area contributed by atoms with E-state index in [1.54, 1.807) is 24.4 Å². The topological polar surface area (TPSA) is 58.5 Å². The zero-order chi connectivity index (χ0) is 16.5. The van der Waals surface area contributed by atoms with Crippen LogP contribution in [-0.4, -0.2) is 24.0 Å². The first-order valence-corrected chi connectivity index (χ1v) is 7.61. The van der Waals surface area contributed by atoms with Gasteiger partial charge in [-0.15, -0.1) is 0 Å². The van der Waals surface area contributed by atoms with Crippen LogP contribution in [0.1, 0.15) is 19.4 Å². The average molecular weight is 316 g/mol. The molecule has 1 heterocycles. The Bertz CT molecular complexity index is 635. The molecule has 0 atom stereocenters. The van der Waals surface area contributed by atoms with Crippen molar-refractivity contribution in [3.63, 3.8) is 0 Å². The van der Waals surface area contributed by atoms with E-state index in [-0.39, 0.29) is 5.82 Å². The van der Waals surface area contributed by atoms with E-state index in [0.717, 1.165) is 24.6 Å². The molecule has 1 aromatic heterocycles. The maximum atomic E-state index is 13.1. The molecule has 0 amide bonds. The molecule has 0 aliphatic rings. The average Bonchev–Trinajstić information content (AvgIpc) is 2.54. The molecule has 2 N–H and O–H groups in total. The SMILES string of the molecule is CCNC(=NCc1ccc(Oc2cccc(F)c2)nc1)NCC. The number of nitrogens with zero attached hydrogens (tertiary/aromatic N) is 2. The summed E-state index contributed by atoms with van der Waals surface area (Å²) in [7, 11) is 0. The highest BCUT2D eigenvalue weighted by atomic mass is 19.1. The highest BCUT2D eigenvalue weighted by Crippen LogP contribution is 2.20. The molecule has 0 fully saturated rings. The Morgan fingerprint density at radius 1 is 1.17 bits per heavy atom. The Morgan fingerprint density at radius 2 is 1.96 bits per heavy atom. The fourth-order valence-corrected chi connectivity index (χ4v) is 1.90. The molecule has 0 saturated carbocycles. The van der Waals surface area contributed by atoms with Crippen LogP contribution in [0.15, 0.2) is 47.6 Å². The molecule has 23 heavy (non-hydrogen) atoms. The lowest BCUT2D eigenvalue weighted by Crippen LogP contribution is -2.36. The highest BCUT2D eigenvalue weighted by Gasteiger charge is 2.01. The molecule has 1 aromatic carbocycles. The van der Waals surface area contributed by atoms with Crippen molar-refractivity contribution >= 4 is 5.96 Å². The van der Waals surface area contributed by atoms with Crippen molar-refractivity contribution in [1.29, 1.82) is 0 Å². The lowest BCUT2D eigenvalue weighted by atomic mass is 10.3. The summed E-state index contributed by atoms with van der Waals surface area (Å²) in [6, 6.07) is 9.60. The van der Waals surface area contributed by atoms with Gasteiger partial charge >= 0.3 is 0 Å². The third-order valence-electron chi connectivity index (χ3n) is 2.92. The number of aromatic nitrogens is 1. The number of aliphatic imine (C=N–C) groups is 1. The molecule has 0 spiro atoms. The molecule has 6 heteroatoms. The van der Waals surface area contributed by atoms with Gasteiger partial charge in [0.25, 0.3) is 0 Å². The van der Waals surface area contributed by atoms with Gasteiger partial charge in [0.15, 0.2) is 5.96 Å². The molecule has 0 aliphatic heterocycles. The molecule has 0 aliphatic carbocycles. The first-order chi connectivity index (χ1) is 11.2. The molecular formula is C17H21FN4O. The number of ether oxygens (including phenoxy) is 1. The van der Waals surface area contributed by atoms with Crippen LogP contribution in [0.2, 0.25) is 0 Å². The van der Waals surface area contributed by atoms with E-state index in [0.29, 0.717) is 18.2 Å². The Labute approximate surface area is 135 Å². The van der Waals surface area contributed by atoms with Gasteiger partial charge in [-0.2, -0.15) is 0 Å². The predicted molar refractivity (Wildman–Crippen MR) is 89.2 cm³/mol. The van der Waals surface area contributed by atoms with Crippen LogP contribution >= 0.6 is 0 Å². The van der Waals surface area contributed by atoms with Crippen LogP contribution in [0.25, 0.3) is 0 Å². The van der Waals surface area contributed by atoms with Crippen molar-refractivity contribution in [2.75, 3.05) is 13.1 Å². The molecule has 0 unspecified atom stereocenters. The van der Waals surface area contributed by atoms with Crippen molar-refractivity contribution in [2.45, 2.75) is 20.4 Å². The quantitative estimate of drug-likeness (QED) is 0.635.